The summed E-state index contributed by atoms with van der Waals surface area (Å²) < 4.78 is 5.44. The van der Waals surface area contributed by atoms with Crippen LogP contribution in [-0.2, 0) is 11.3 Å². The molecule has 4 nitrogen and oxygen atoms in total. The molecule has 1 aliphatic heterocycles. The van der Waals surface area contributed by atoms with Gasteiger partial charge in [0, 0.05) is 12.6 Å². The Labute approximate surface area is 100 Å². The van der Waals surface area contributed by atoms with E-state index in [1.807, 2.05) is 18.2 Å². The molecular formula is C13H17N3O. The Hall–Kier alpha value is -1.39. The van der Waals surface area contributed by atoms with Gasteiger partial charge in [-0.05, 0) is 25.0 Å². The smallest absolute Gasteiger partial charge is 0.121 e. The molecule has 1 aromatic carbocycles. The third kappa shape index (κ3) is 2.48. The molecule has 2 N–H and O–H groups in total. The number of H-pyrrole nitrogens is 1. The van der Waals surface area contributed by atoms with Gasteiger partial charge in [-0.3, -0.25) is 0 Å². The molecule has 0 aliphatic carbocycles. The third-order valence-corrected chi connectivity index (χ3v) is 3.16. The van der Waals surface area contributed by atoms with Crippen LogP contribution in [0.4, 0.5) is 0 Å². The zero-order valence-electron chi connectivity index (χ0n) is 9.78. The van der Waals surface area contributed by atoms with Crippen LogP contribution in [0.5, 0.6) is 0 Å². The fourth-order valence-corrected chi connectivity index (χ4v) is 2.23. The van der Waals surface area contributed by atoms with Crippen LogP contribution < -0.4 is 5.32 Å². The van der Waals surface area contributed by atoms with Crippen molar-refractivity contribution in [1.82, 2.24) is 15.3 Å². The van der Waals surface area contributed by atoms with E-state index in [0.717, 1.165) is 43.0 Å². The minimum atomic E-state index is 0.469. The number of imidazole rings is 1. The van der Waals surface area contributed by atoms with E-state index in [1.165, 1.54) is 6.42 Å². The van der Waals surface area contributed by atoms with Crippen LogP contribution in [0.25, 0.3) is 11.0 Å². The molecule has 0 saturated carbocycles. The van der Waals surface area contributed by atoms with Crippen LogP contribution in [0.2, 0.25) is 0 Å². The second-order valence-electron chi connectivity index (χ2n) is 4.50. The average molecular weight is 231 g/mol. The molecule has 1 aliphatic rings. The van der Waals surface area contributed by atoms with Crippen LogP contribution in [0, 0.1) is 0 Å². The van der Waals surface area contributed by atoms with E-state index in [0.29, 0.717) is 6.04 Å². The molecule has 1 unspecified atom stereocenters. The number of aromatic amines is 1. The van der Waals surface area contributed by atoms with Crippen molar-refractivity contribution >= 4 is 11.0 Å². The van der Waals surface area contributed by atoms with Gasteiger partial charge in [-0.25, -0.2) is 4.98 Å². The summed E-state index contributed by atoms with van der Waals surface area (Å²) in [5, 5.41) is 3.48. The topological polar surface area (TPSA) is 49.9 Å². The fourth-order valence-electron chi connectivity index (χ4n) is 2.23. The predicted molar refractivity (Wildman–Crippen MR) is 66.8 cm³/mol. The summed E-state index contributed by atoms with van der Waals surface area (Å²) in [6.07, 6.45) is 2.35. The number of para-hydroxylation sites is 2. The van der Waals surface area contributed by atoms with Crippen molar-refractivity contribution in [3.8, 4) is 0 Å². The van der Waals surface area contributed by atoms with Crippen LogP contribution in [0.15, 0.2) is 24.3 Å². The lowest BCUT2D eigenvalue weighted by Crippen LogP contribution is -2.36. The lowest BCUT2D eigenvalue weighted by Gasteiger charge is -2.22. The largest absolute Gasteiger partial charge is 0.380 e. The fraction of sp³-hybridized carbons (Fsp3) is 0.462. The highest BCUT2D eigenvalue weighted by Gasteiger charge is 2.13. The lowest BCUT2D eigenvalue weighted by molar-refractivity contribution is 0.0697. The van der Waals surface area contributed by atoms with Crippen molar-refractivity contribution in [1.29, 1.82) is 0 Å². The van der Waals surface area contributed by atoms with Gasteiger partial charge >= 0.3 is 0 Å². The minimum absolute atomic E-state index is 0.469. The second-order valence-corrected chi connectivity index (χ2v) is 4.50. The Morgan fingerprint density at radius 1 is 1.41 bits per heavy atom. The van der Waals surface area contributed by atoms with Gasteiger partial charge in [0.25, 0.3) is 0 Å². The van der Waals surface area contributed by atoms with Gasteiger partial charge < -0.3 is 15.0 Å². The highest BCUT2D eigenvalue weighted by atomic mass is 16.5. The second kappa shape index (κ2) is 4.85. The molecule has 1 atom stereocenters. The molecule has 3 rings (SSSR count). The van der Waals surface area contributed by atoms with Crippen molar-refractivity contribution in [2.75, 3.05) is 13.2 Å². The predicted octanol–water partition coefficient (Wildman–Crippen LogP) is 1.83. The third-order valence-electron chi connectivity index (χ3n) is 3.16. The zero-order valence-corrected chi connectivity index (χ0v) is 9.78. The number of ether oxygens (including phenoxy) is 1. The van der Waals surface area contributed by atoms with Crippen LogP contribution in [0.3, 0.4) is 0 Å². The first-order chi connectivity index (χ1) is 8.42. The van der Waals surface area contributed by atoms with E-state index in [2.05, 4.69) is 21.4 Å². The number of nitrogens with zero attached hydrogens (tertiary/aromatic N) is 1. The summed E-state index contributed by atoms with van der Waals surface area (Å²) in [6, 6.07) is 8.58. The van der Waals surface area contributed by atoms with Gasteiger partial charge in [0.05, 0.1) is 24.2 Å². The number of hydrogen-bond acceptors (Lipinski definition) is 3. The SMILES string of the molecule is c1ccc2[nH]c(CNC3CCCOC3)nc2c1. The Kier molecular flexibility index (Phi) is 3.07. The normalized spacial score (nSPS) is 20.8. The number of rotatable bonds is 3. The molecule has 17 heavy (non-hydrogen) atoms. The Morgan fingerprint density at radius 3 is 3.18 bits per heavy atom. The van der Waals surface area contributed by atoms with E-state index in [1.54, 1.807) is 0 Å². The number of nitrogens with one attached hydrogen (secondary N) is 2. The molecule has 1 aromatic heterocycles. The summed E-state index contributed by atoms with van der Waals surface area (Å²) in [5.74, 6) is 0.997. The summed E-state index contributed by atoms with van der Waals surface area (Å²) in [6.45, 7) is 2.51. The molecule has 0 spiro atoms. The average Bonchev–Trinajstić information content (AvgIpc) is 2.80. The molecule has 0 amide bonds. The monoisotopic (exact) mass is 231 g/mol. The Bertz CT molecular complexity index is 455. The number of benzene rings is 1. The van der Waals surface area contributed by atoms with Crippen LogP contribution in [-0.4, -0.2) is 29.2 Å². The highest BCUT2D eigenvalue weighted by Crippen LogP contribution is 2.11. The first kappa shape index (κ1) is 10.7. The molecule has 0 radical (unpaired) electrons. The van der Waals surface area contributed by atoms with E-state index < -0.39 is 0 Å². The minimum Gasteiger partial charge on any atom is -0.380 e. The van der Waals surface area contributed by atoms with Crippen molar-refractivity contribution in [2.24, 2.45) is 0 Å². The van der Waals surface area contributed by atoms with Crippen molar-refractivity contribution in [3.63, 3.8) is 0 Å². The number of fused-ring (bicyclic) bond motifs is 1. The van der Waals surface area contributed by atoms with E-state index in [9.17, 15) is 0 Å². The lowest BCUT2D eigenvalue weighted by atomic mass is 10.1. The number of hydrogen-bond donors (Lipinski definition) is 2. The summed E-state index contributed by atoms with van der Waals surface area (Å²) in [5.41, 5.74) is 2.13. The van der Waals surface area contributed by atoms with E-state index in [4.69, 9.17) is 4.74 Å². The van der Waals surface area contributed by atoms with Gasteiger partial charge in [-0.15, -0.1) is 0 Å². The van der Waals surface area contributed by atoms with Crippen molar-refractivity contribution < 1.29 is 4.74 Å². The first-order valence-electron chi connectivity index (χ1n) is 6.16. The maximum absolute atomic E-state index is 5.44. The van der Waals surface area contributed by atoms with Crippen LogP contribution in [0.1, 0.15) is 18.7 Å². The molecule has 2 aromatic rings. The molecule has 4 heteroatoms. The maximum Gasteiger partial charge on any atom is 0.121 e. The quantitative estimate of drug-likeness (QED) is 0.847. The molecule has 1 fully saturated rings. The van der Waals surface area contributed by atoms with Crippen LogP contribution >= 0.6 is 0 Å². The van der Waals surface area contributed by atoms with Crippen molar-refractivity contribution in [3.05, 3.63) is 30.1 Å². The zero-order chi connectivity index (χ0) is 11.5. The standard InChI is InChI=1S/C13H17N3O/c1-2-6-12-11(5-1)15-13(16-12)8-14-10-4-3-7-17-9-10/h1-2,5-6,10,14H,3-4,7-9H2,(H,15,16). The molecule has 0 bridgehead atoms. The Balaban J connectivity index is 1.64. The molecule has 1 saturated heterocycles. The Morgan fingerprint density at radius 2 is 2.35 bits per heavy atom. The highest BCUT2D eigenvalue weighted by molar-refractivity contribution is 5.74. The van der Waals surface area contributed by atoms with Gasteiger partial charge in [0.1, 0.15) is 5.82 Å². The summed E-state index contributed by atoms with van der Waals surface area (Å²) in [7, 11) is 0. The van der Waals surface area contributed by atoms with Gasteiger partial charge in [0.2, 0.25) is 0 Å². The van der Waals surface area contributed by atoms with Gasteiger partial charge in [-0.2, -0.15) is 0 Å². The van der Waals surface area contributed by atoms with Crippen molar-refractivity contribution in [2.45, 2.75) is 25.4 Å². The molecule has 2 heterocycles. The molecular weight excluding hydrogens is 214 g/mol. The van der Waals surface area contributed by atoms with Gasteiger partial charge in [0.15, 0.2) is 0 Å². The molecule has 90 valence electrons. The summed E-state index contributed by atoms with van der Waals surface area (Å²) >= 11 is 0. The van der Waals surface area contributed by atoms with Gasteiger partial charge in [-0.1, -0.05) is 12.1 Å². The first-order valence-corrected chi connectivity index (χ1v) is 6.16. The number of aromatic nitrogens is 2. The van der Waals surface area contributed by atoms with E-state index in [-0.39, 0.29) is 0 Å². The maximum atomic E-state index is 5.44. The van der Waals surface area contributed by atoms with E-state index >= 15 is 0 Å². The summed E-state index contributed by atoms with van der Waals surface area (Å²) in [4.78, 5) is 7.86.